The van der Waals surface area contributed by atoms with E-state index < -0.39 is 0 Å². The van der Waals surface area contributed by atoms with E-state index in [1.165, 1.54) is 11.1 Å². The van der Waals surface area contributed by atoms with Crippen LogP contribution in [0.15, 0.2) is 154 Å². The predicted octanol–water partition coefficient (Wildman–Crippen LogP) is 9.14. The molecular formula is C39H37BrN2O2. The van der Waals surface area contributed by atoms with Gasteiger partial charge in [0.15, 0.2) is 0 Å². The molecular weight excluding hydrogens is 608 g/mol. The van der Waals surface area contributed by atoms with E-state index in [1.54, 1.807) is 6.07 Å². The van der Waals surface area contributed by atoms with E-state index in [-0.39, 0.29) is 18.5 Å². The van der Waals surface area contributed by atoms with Crippen molar-refractivity contribution in [2.75, 3.05) is 0 Å². The Labute approximate surface area is 268 Å². The lowest BCUT2D eigenvalue weighted by Crippen LogP contribution is -2.22. The molecule has 0 amide bonds. The highest BCUT2D eigenvalue weighted by Crippen LogP contribution is 2.21. The predicted molar refractivity (Wildman–Crippen MR) is 187 cm³/mol. The number of pyridine rings is 2. The Morgan fingerprint density at radius 3 is 1.45 bits per heavy atom. The van der Waals surface area contributed by atoms with Gasteiger partial charge < -0.3 is 9.13 Å². The van der Waals surface area contributed by atoms with Crippen LogP contribution in [0, 0.1) is 13.8 Å². The number of aromatic nitrogens is 2. The van der Waals surface area contributed by atoms with Crippen molar-refractivity contribution in [3.63, 3.8) is 0 Å². The fourth-order valence-electron chi connectivity index (χ4n) is 4.87. The summed E-state index contributed by atoms with van der Waals surface area (Å²) in [5, 5.41) is 0. The van der Waals surface area contributed by atoms with Gasteiger partial charge in [-0.2, -0.15) is 0 Å². The van der Waals surface area contributed by atoms with Gasteiger partial charge in [-0.05, 0) is 70.2 Å². The molecule has 0 saturated heterocycles. The van der Waals surface area contributed by atoms with Crippen molar-refractivity contribution in [3.05, 3.63) is 187 Å². The summed E-state index contributed by atoms with van der Waals surface area (Å²) < 4.78 is 4.21. The zero-order valence-electron chi connectivity index (χ0n) is 24.3. The Bertz CT molecular complexity index is 1910. The van der Waals surface area contributed by atoms with E-state index in [0.29, 0.717) is 17.6 Å². The summed E-state index contributed by atoms with van der Waals surface area (Å²) in [7, 11) is 0. The minimum absolute atomic E-state index is 0. The first-order valence-electron chi connectivity index (χ1n) is 14.2. The smallest absolute Gasteiger partial charge is 0.265 e. The Morgan fingerprint density at radius 1 is 0.500 bits per heavy atom. The van der Waals surface area contributed by atoms with Crippen LogP contribution in [0.4, 0.5) is 0 Å². The fraction of sp³-hybridized carbons (Fsp3) is 0.128. The quantitative estimate of drug-likeness (QED) is 0.181. The second kappa shape index (κ2) is 15.1. The van der Waals surface area contributed by atoms with Gasteiger partial charge in [0, 0.05) is 6.07 Å². The lowest BCUT2D eigenvalue weighted by atomic mass is 10.1. The summed E-state index contributed by atoms with van der Waals surface area (Å²) in [6.07, 6.45) is 0. The van der Waals surface area contributed by atoms with Crippen LogP contribution >= 0.6 is 15.9 Å². The van der Waals surface area contributed by atoms with Crippen LogP contribution in [-0.2, 0) is 13.1 Å². The molecule has 44 heavy (non-hydrogen) atoms. The molecule has 222 valence electrons. The third-order valence-electron chi connectivity index (χ3n) is 7.24. The Hall–Kier alpha value is -4.74. The molecule has 6 aromatic rings. The second-order valence-corrected chi connectivity index (χ2v) is 11.4. The molecule has 0 N–H and O–H groups in total. The first-order chi connectivity index (χ1) is 20.9. The summed E-state index contributed by atoms with van der Waals surface area (Å²) in [6.45, 7) is 5.27. The van der Waals surface area contributed by atoms with Crippen LogP contribution < -0.4 is 11.1 Å². The van der Waals surface area contributed by atoms with Gasteiger partial charge in [-0.3, -0.25) is 9.59 Å². The van der Waals surface area contributed by atoms with Crippen molar-refractivity contribution in [3.8, 4) is 22.5 Å². The molecule has 0 saturated carbocycles. The molecule has 0 bridgehead atoms. The number of hydrogen-bond acceptors (Lipinski definition) is 2. The van der Waals surface area contributed by atoms with Crippen LogP contribution in [0.2, 0.25) is 0 Å². The van der Waals surface area contributed by atoms with E-state index in [0.717, 1.165) is 33.6 Å². The monoisotopic (exact) mass is 644 g/mol. The van der Waals surface area contributed by atoms with Gasteiger partial charge >= 0.3 is 0 Å². The number of halogens is 1. The molecule has 0 spiro atoms. The zero-order chi connectivity index (χ0) is 30.2. The van der Waals surface area contributed by atoms with E-state index >= 15 is 0 Å². The molecule has 0 radical (unpaired) electrons. The van der Waals surface area contributed by atoms with Gasteiger partial charge in [0.2, 0.25) is 0 Å². The molecule has 6 rings (SSSR count). The van der Waals surface area contributed by atoms with Crippen molar-refractivity contribution in [2.45, 2.75) is 34.4 Å². The van der Waals surface area contributed by atoms with E-state index in [2.05, 4.69) is 78.3 Å². The maximum atomic E-state index is 12.6. The standard InChI is InChI=1S/C19H16BrNO.C19H17NO.CH4/c1-14-7-9-15(10-8-14)13-21-18(12-11-17(20)19(21)22)16-5-3-2-4-6-16;1-15-10-12-16(13-11-15)14-20-18(8-5-9-19(20)21)17-6-3-2-4-7-17;/h2-12H,13H2,1H3;2-13H,14H2,1H3;1H4. The van der Waals surface area contributed by atoms with Gasteiger partial charge in [0.1, 0.15) is 0 Å². The molecule has 0 atom stereocenters. The SMILES string of the molecule is C.Cc1ccc(Cn2c(-c3ccccc3)ccc(Br)c2=O)cc1.Cc1ccc(Cn2c(-c3ccccc3)cccc2=O)cc1. The van der Waals surface area contributed by atoms with Crippen molar-refractivity contribution < 1.29 is 0 Å². The minimum atomic E-state index is -0.0121. The topological polar surface area (TPSA) is 44.0 Å². The molecule has 4 nitrogen and oxygen atoms in total. The zero-order valence-corrected chi connectivity index (χ0v) is 25.9. The van der Waals surface area contributed by atoms with Crippen molar-refractivity contribution >= 4 is 15.9 Å². The van der Waals surface area contributed by atoms with Gasteiger partial charge in [-0.15, -0.1) is 0 Å². The minimum Gasteiger partial charge on any atom is -0.304 e. The Kier molecular flexibility index (Phi) is 11.1. The van der Waals surface area contributed by atoms with Crippen LogP contribution in [0.1, 0.15) is 29.7 Å². The number of rotatable bonds is 6. The summed E-state index contributed by atoms with van der Waals surface area (Å²) in [5.74, 6) is 0. The molecule has 0 aliphatic rings. The average Bonchev–Trinajstić information content (AvgIpc) is 3.04. The van der Waals surface area contributed by atoms with E-state index in [1.807, 2.05) is 94.1 Å². The van der Waals surface area contributed by atoms with Crippen molar-refractivity contribution in [2.24, 2.45) is 0 Å². The molecule has 0 unspecified atom stereocenters. The highest BCUT2D eigenvalue weighted by Gasteiger charge is 2.10. The lowest BCUT2D eigenvalue weighted by molar-refractivity contribution is 0.764. The highest BCUT2D eigenvalue weighted by molar-refractivity contribution is 9.10. The molecule has 2 aromatic heterocycles. The third-order valence-corrected chi connectivity index (χ3v) is 7.84. The summed E-state index contributed by atoms with van der Waals surface area (Å²) in [5.41, 5.74) is 8.67. The first-order valence-corrected chi connectivity index (χ1v) is 15.0. The van der Waals surface area contributed by atoms with Crippen LogP contribution in [0.5, 0.6) is 0 Å². The lowest BCUT2D eigenvalue weighted by Gasteiger charge is -2.14. The molecule has 4 aromatic carbocycles. The van der Waals surface area contributed by atoms with Gasteiger partial charge in [-0.25, -0.2) is 0 Å². The Balaban J connectivity index is 0.000000197. The maximum Gasteiger partial charge on any atom is 0.265 e. The van der Waals surface area contributed by atoms with Crippen LogP contribution in [0.3, 0.4) is 0 Å². The van der Waals surface area contributed by atoms with Crippen molar-refractivity contribution in [1.82, 2.24) is 9.13 Å². The summed E-state index contributed by atoms with van der Waals surface area (Å²) in [6, 6.07) is 45.8. The van der Waals surface area contributed by atoms with Crippen LogP contribution in [0.25, 0.3) is 22.5 Å². The number of hydrogen-bond donors (Lipinski definition) is 0. The normalized spacial score (nSPS) is 10.3. The van der Waals surface area contributed by atoms with Gasteiger partial charge in [0.05, 0.1) is 29.0 Å². The number of aryl methyl sites for hydroxylation is 2. The molecule has 0 fully saturated rings. The third kappa shape index (κ3) is 8.00. The molecule has 2 heterocycles. The second-order valence-electron chi connectivity index (χ2n) is 10.5. The molecule has 5 heteroatoms. The van der Waals surface area contributed by atoms with Crippen LogP contribution in [-0.4, -0.2) is 9.13 Å². The van der Waals surface area contributed by atoms with E-state index in [4.69, 9.17) is 0 Å². The molecule has 0 aliphatic heterocycles. The summed E-state index contributed by atoms with van der Waals surface area (Å²) in [4.78, 5) is 24.8. The van der Waals surface area contributed by atoms with Gasteiger partial charge in [-0.1, -0.05) is 134 Å². The molecule has 0 aliphatic carbocycles. The number of nitrogens with zero attached hydrogens (tertiary/aromatic N) is 2. The first kappa shape index (κ1) is 32.2. The fourth-order valence-corrected chi connectivity index (χ4v) is 5.21. The summed E-state index contributed by atoms with van der Waals surface area (Å²) >= 11 is 3.34. The van der Waals surface area contributed by atoms with E-state index in [9.17, 15) is 9.59 Å². The maximum absolute atomic E-state index is 12.6. The average molecular weight is 646 g/mol. The largest absolute Gasteiger partial charge is 0.304 e. The highest BCUT2D eigenvalue weighted by atomic mass is 79.9. The Morgan fingerprint density at radius 2 is 0.955 bits per heavy atom. The van der Waals surface area contributed by atoms with Gasteiger partial charge in [0.25, 0.3) is 11.1 Å². The number of benzene rings is 4. The van der Waals surface area contributed by atoms with Crippen molar-refractivity contribution in [1.29, 1.82) is 0 Å².